The lowest BCUT2D eigenvalue weighted by atomic mass is 9.98. The van der Waals surface area contributed by atoms with Crippen LogP contribution in [0.1, 0.15) is 23.6 Å². The second-order valence-electron chi connectivity index (χ2n) is 6.14. The third-order valence-electron chi connectivity index (χ3n) is 4.50. The number of carbonyl (C=O) groups is 1. The molecule has 1 atom stereocenters. The van der Waals surface area contributed by atoms with Gasteiger partial charge in [0, 0.05) is 13.1 Å². The zero-order valence-electron chi connectivity index (χ0n) is 13.7. The van der Waals surface area contributed by atoms with Crippen molar-refractivity contribution in [1.82, 2.24) is 4.90 Å². The number of carbonyl (C=O) groups excluding carboxylic acids is 1. The maximum atomic E-state index is 12.9. The molecule has 0 saturated heterocycles. The largest absolute Gasteiger partial charge is 0.489 e. The molecule has 2 aromatic rings. The van der Waals surface area contributed by atoms with Crippen LogP contribution in [0.5, 0.6) is 5.75 Å². The van der Waals surface area contributed by atoms with Gasteiger partial charge in [-0.3, -0.25) is 9.69 Å². The Morgan fingerprint density at radius 3 is 2.71 bits per heavy atom. The molecule has 0 bridgehead atoms. The van der Waals surface area contributed by atoms with E-state index in [4.69, 9.17) is 10.5 Å². The molecule has 1 unspecified atom stereocenters. The SMILES string of the molecule is CC(C(N)=O)N1CCc2cc(OCc3ccc(F)cc3)ccc2C1. The molecule has 5 heteroatoms. The average Bonchev–Trinajstić information content (AvgIpc) is 2.60. The van der Waals surface area contributed by atoms with Crippen LogP contribution in [0.25, 0.3) is 0 Å². The highest BCUT2D eigenvalue weighted by atomic mass is 19.1. The molecule has 2 aromatic carbocycles. The van der Waals surface area contributed by atoms with E-state index < -0.39 is 0 Å². The molecule has 0 aliphatic carbocycles. The van der Waals surface area contributed by atoms with Gasteiger partial charge < -0.3 is 10.5 Å². The first-order chi connectivity index (χ1) is 11.5. The number of primary amides is 1. The zero-order valence-corrected chi connectivity index (χ0v) is 13.7. The topological polar surface area (TPSA) is 55.6 Å². The minimum absolute atomic E-state index is 0.248. The van der Waals surface area contributed by atoms with Gasteiger partial charge in [0.05, 0.1) is 6.04 Å². The summed E-state index contributed by atoms with van der Waals surface area (Å²) in [5.41, 5.74) is 8.75. The molecule has 0 spiro atoms. The minimum atomic E-state index is -0.294. The summed E-state index contributed by atoms with van der Waals surface area (Å²) in [6, 6.07) is 12.1. The van der Waals surface area contributed by atoms with E-state index in [1.54, 1.807) is 12.1 Å². The van der Waals surface area contributed by atoms with Crippen LogP contribution in [-0.2, 0) is 24.4 Å². The minimum Gasteiger partial charge on any atom is -0.489 e. The Hall–Kier alpha value is -2.40. The van der Waals surface area contributed by atoms with Crippen LogP contribution >= 0.6 is 0 Å². The van der Waals surface area contributed by atoms with Crippen LogP contribution in [0.15, 0.2) is 42.5 Å². The van der Waals surface area contributed by atoms with Gasteiger partial charge in [-0.25, -0.2) is 4.39 Å². The van der Waals surface area contributed by atoms with Gasteiger partial charge in [0.2, 0.25) is 5.91 Å². The molecule has 24 heavy (non-hydrogen) atoms. The molecule has 0 fully saturated rings. The standard InChI is InChI=1S/C19H21FN2O2/c1-13(19(21)23)22-9-8-15-10-18(7-4-16(15)11-22)24-12-14-2-5-17(20)6-3-14/h2-7,10,13H,8-9,11-12H2,1H3,(H2,21,23). The summed E-state index contributed by atoms with van der Waals surface area (Å²) in [4.78, 5) is 13.4. The van der Waals surface area contributed by atoms with Crippen LogP contribution in [0, 0.1) is 5.82 Å². The molecule has 2 N–H and O–H groups in total. The molecule has 1 amide bonds. The molecule has 0 saturated carbocycles. The lowest BCUT2D eigenvalue weighted by Crippen LogP contribution is -2.45. The summed E-state index contributed by atoms with van der Waals surface area (Å²) in [5.74, 6) is 0.259. The van der Waals surface area contributed by atoms with Gasteiger partial charge >= 0.3 is 0 Å². The Bertz CT molecular complexity index is 731. The van der Waals surface area contributed by atoms with Gasteiger partial charge in [-0.15, -0.1) is 0 Å². The first-order valence-electron chi connectivity index (χ1n) is 8.05. The Morgan fingerprint density at radius 2 is 2.00 bits per heavy atom. The van der Waals surface area contributed by atoms with E-state index >= 15 is 0 Å². The summed E-state index contributed by atoms with van der Waals surface area (Å²) in [6.07, 6.45) is 0.862. The number of halogens is 1. The number of nitrogens with zero attached hydrogens (tertiary/aromatic N) is 1. The van der Waals surface area contributed by atoms with Crippen molar-refractivity contribution in [3.8, 4) is 5.75 Å². The quantitative estimate of drug-likeness (QED) is 0.918. The van der Waals surface area contributed by atoms with E-state index in [-0.39, 0.29) is 17.8 Å². The van der Waals surface area contributed by atoms with Crippen molar-refractivity contribution >= 4 is 5.91 Å². The molecular weight excluding hydrogens is 307 g/mol. The Kier molecular flexibility index (Phi) is 4.81. The number of benzene rings is 2. The molecule has 1 heterocycles. The van der Waals surface area contributed by atoms with Gasteiger partial charge in [-0.05, 0) is 54.3 Å². The van der Waals surface area contributed by atoms with Crippen LogP contribution in [-0.4, -0.2) is 23.4 Å². The molecule has 0 aromatic heterocycles. The lowest BCUT2D eigenvalue weighted by Gasteiger charge is -2.32. The third kappa shape index (κ3) is 3.74. The molecule has 1 aliphatic heterocycles. The highest BCUT2D eigenvalue weighted by Crippen LogP contribution is 2.25. The summed E-state index contributed by atoms with van der Waals surface area (Å²) >= 11 is 0. The van der Waals surface area contributed by atoms with Crippen molar-refractivity contribution < 1.29 is 13.9 Å². The number of amides is 1. The van der Waals surface area contributed by atoms with E-state index in [2.05, 4.69) is 4.90 Å². The Balaban J connectivity index is 1.65. The second kappa shape index (κ2) is 7.01. The summed E-state index contributed by atoms with van der Waals surface area (Å²) < 4.78 is 18.7. The van der Waals surface area contributed by atoms with Crippen molar-refractivity contribution in [2.24, 2.45) is 5.73 Å². The molecule has 3 rings (SSSR count). The van der Waals surface area contributed by atoms with E-state index in [1.165, 1.54) is 23.3 Å². The zero-order chi connectivity index (χ0) is 17.1. The van der Waals surface area contributed by atoms with E-state index in [0.717, 1.165) is 30.8 Å². The number of nitrogens with two attached hydrogens (primary N) is 1. The van der Waals surface area contributed by atoms with Crippen molar-refractivity contribution in [2.45, 2.75) is 32.5 Å². The fraction of sp³-hybridized carbons (Fsp3) is 0.316. The summed E-state index contributed by atoms with van der Waals surface area (Å²) in [7, 11) is 0. The summed E-state index contributed by atoms with van der Waals surface area (Å²) in [5, 5.41) is 0. The lowest BCUT2D eigenvalue weighted by molar-refractivity contribution is -0.123. The molecule has 1 aliphatic rings. The van der Waals surface area contributed by atoms with Crippen molar-refractivity contribution in [1.29, 1.82) is 0 Å². The number of rotatable bonds is 5. The van der Waals surface area contributed by atoms with Gasteiger partial charge in [0.25, 0.3) is 0 Å². The first-order valence-corrected chi connectivity index (χ1v) is 8.05. The number of hydrogen-bond acceptors (Lipinski definition) is 3. The van der Waals surface area contributed by atoms with Gasteiger partial charge in [0.15, 0.2) is 0 Å². The number of fused-ring (bicyclic) bond motifs is 1. The fourth-order valence-corrected chi connectivity index (χ4v) is 2.90. The van der Waals surface area contributed by atoms with Gasteiger partial charge in [0.1, 0.15) is 18.2 Å². The Morgan fingerprint density at radius 1 is 1.25 bits per heavy atom. The molecule has 4 nitrogen and oxygen atoms in total. The number of hydrogen-bond donors (Lipinski definition) is 1. The van der Waals surface area contributed by atoms with Gasteiger partial charge in [-0.1, -0.05) is 18.2 Å². The second-order valence-corrected chi connectivity index (χ2v) is 6.14. The van der Waals surface area contributed by atoms with Crippen LogP contribution in [0.3, 0.4) is 0 Å². The third-order valence-corrected chi connectivity index (χ3v) is 4.50. The first kappa shape index (κ1) is 16.5. The maximum Gasteiger partial charge on any atom is 0.234 e. The van der Waals surface area contributed by atoms with Crippen molar-refractivity contribution in [3.63, 3.8) is 0 Å². The molecule has 0 radical (unpaired) electrons. The van der Waals surface area contributed by atoms with Crippen LogP contribution in [0.4, 0.5) is 4.39 Å². The fourth-order valence-electron chi connectivity index (χ4n) is 2.90. The van der Waals surface area contributed by atoms with E-state index in [0.29, 0.717) is 6.61 Å². The van der Waals surface area contributed by atoms with Crippen LogP contribution < -0.4 is 10.5 Å². The maximum absolute atomic E-state index is 12.9. The average molecular weight is 328 g/mol. The number of ether oxygens (including phenoxy) is 1. The predicted molar refractivity (Wildman–Crippen MR) is 89.9 cm³/mol. The molecule has 126 valence electrons. The monoisotopic (exact) mass is 328 g/mol. The predicted octanol–water partition coefficient (Wildman–Crippen LogP) is 2.64. The summed E-state index contributed by atoms with van der Waals surface area (Å²) in [6.45, 7) is 3.77. The van der Waals surface area contributed by atoms with Gasteiger partial charge in [-0.2, -0.15) is 0 Å². The Labute approximate surface area is 141 Å². The highest BCUT2D eigenvalue weighted by molar-refractivity contribution is 5.79. The van der Waals surface area contributed by atoms with E-state index in [1.807, 2.05) is 25.1 Å². The molecular formula is C19H21FN2O2. The van der Waals surface area contributed by atoms with Crippen LogP contribution in [0.2, 0.25) is 0 Å². The van der Waals surface area contributed by atoms with E-state index in [9.17, 15) is 9.18 Å². The normalized spacial score (nSPS) is 15.6. The van der Waals surface area contributed by atoms with Crippen molar-refractivity contribution in [3.05, 3.63) is 65.0 Å². The van der Waals surface area contributed by atoms with Crippen molar-refractivity contribution in [2.75, 3.05) is 6.54 Å². The smallest absolute Gasteiger partial charge is 0.234 e. The highest BCUT2D eigenvalue weighted by Gasteiger charge is 2.23.